The molecule has 0 unspecified atom stereocenters. The lowest BCUT2D eigenvalue weighted by molar-refractivity contribution is -0.113. The van der Waals surface area contributed by atoms with Gasteiger partial charge in [0.25, 0.3) is 0 Å². The van der Waals surface area contributed by atoms with Gasteiger partial charge in [-0.25, -0.2) is 0 Å². The lowest BCUT2D eigenvalue weighted by Crippen LogP contribution is -2.37. The van der Waals surface area contributed by atoms with Gasteiger partial charge in [-0.15, -0.1) is 0 Å². The second kappa shape index (κ2) is 10.7. The summed E-state index contributed by atoms with van der Waals surface area (Å²) in [6, 6.07) is 22.5. The summed E-state index contributed by atoms with van der Waals surface area (Å²) in [7, 11) is 0. The molecule has 2 nitrogen and oxygen atoms in total. The van der Waals surface area contributed by atoms with Crippen molar-refractivity contribution in [3.8, 4) is 0 Å². The van der Waals surface area contributed by atoms with Gasteiger partial charge in [0.15, 0.2) is 5.78 Å². The van der Waals surface area contributed by atoms with Gasteiger partial charge in [0.05, 0.1) is 0 Å². The van der Waals surface area contributed by atoms with Crippen molar-refractivity contribution in [2.75, 3.05) is 13.1 Å². The zero-order chi connectivity index (χ0) is 22.7. The summed E-state index contributed by atoms with van der Waals surface area (Å²) in [5.74, 6) is 0.0986. The smallest absolute Gasteiger partial charge is 0.187 e. The molecule has 1 saturated heterocycles. The highest BCUT2D eigenvalue weighted by Gasteiger charge is 2.26. The molecule has 6 heteroatoms. The zero-order valence-corrected chi connectivity index (χ0v) is 23.3. The summed E-state index contributed by atoms with van der Waals surface area (Å²) in [6.45, 7) is 2.00. The van der Waals surface area contributed by atoms with E-state index in [1.807, 2.05) is 54.6 Å². The number of benzene rings is 3. The van der Waals surface area contributed by atoms with E-state index in [1.165, 1.54) is 5.56 Å². The Morgan fingerprint density at radius 3 is 1.56 bits per heavy atom. The molecular formula is C26H19Br4NO. The van der Waals surface area contributed by atoms with Gasteiger partial charge >= 0.3 is 0 Å². The fourth-order valence-electron chi connectivity index (χ4n) is 3.78. The summed E-state index contributed by atoms with van der Waals surface area (Å²) < 4.78 is 3.88. The number of carbonyl (C=O) groups is 1. The van der Waals surface area contributed by atoms with Crippen molar-refractivity contribution < 1.29 is 4.79 Å². The quantitative estimate of drug-likeness (QED) is 0.259. The molecule has 0 spiro atoms. The Hall–Kier alpha value is -1.31. The van der Waals surface area contributed by atoms with Crippen LogP contribution < -0.4 is 0 Å². The third kappa shape index (κ3) is 6.39. The normalized spacial score (nSPS) is 17.3. The van der Waals surface area contributed by atoms with E-state index in [-0.39, 0.29) is 5.78 Å². The van der Waals surface area contributed by atoms with E-state index >= 15 is 0 Å². The molecule has 0 saturated carbocycles. The van der Waals surface area contributed by atoms with E-state index < -0.39 is 0 Å². The summed E-state index contributed by atoms with van der Waals surface area (Å²) in [5, 5.41) is 0. The van der Waals surface area contributed by atoms with Crippen LogP contribution in [0.5, 0.6) is 0 Å². The number of nitrogens with zero attached hydrogens (tertiary/aromatic N) is 1. The van der Waals surface area contributed by atoms with Crippen LogP contribution in [-0.4, -0.2) is 23.8 Å². The molecule has 1 aliphatic heterocycles. The molecule has 1 heterocycles. The van der Waals surface area contributed by atoms with Crippen LogP contribution in [0.25, 0.3) is 12.2 Å². The Morgan fingerprint density at radius 2 is 1.12 bits per heavy atom. The summed E-state index contributed by atoms with van der Waals surface area (Å²) in [4.78, 5) is 15.8. The molecule has 0 aliphatic carbocycles. The van der Waals surface area contributed by atoms with Crippen molar-refractivity contribution in [3.63, 3.8) is 0 Å². The maximum Gasteiger partial charge on any atom is 0.187 e. The van der Waals surface area contributed by atoms with Crippen LogP contribution in [0, 0.1) is 0 Å². The van der Waals surface area contributed by atoms with E-state index in [2.05, 4.69) is 92.9 Å². The number of halogens is 4. The number of Topliss-reactive ketones (excluding diaryl/α,β-unsaturated/α-hetero) is 1. The standard InChI is InChI=1S/C26H19Br4NO/c27-22-8-18(9-23(28)12-22)6-20-15-31(14-17-4-2-1-3-5-17)16-21(26(20)32)7-19-10-24(29)13-25(30)11-19/h1-13H,14-16H2. The van der Waals surface area contributed by atoms with Crippen LogP contribution in [0.1, 0.15) is 16.7 Å². The van der Waals surface area contributed by atoms with E-state index in [0.717, 1.165) is 46.7 Å². The molecule has 0 amide bonds. The molecular weight excluding hydrogens is 662 g/mol. The molecule has 0 bridgehead atoms. The fourth-order valence-corrected chi connectivity index (χ4v) is 6.44. The molecule has 0 atom stereocenters. The first kappa shape index (κ1) is 23.8. The monoisotopic (exact) mass is 677 g/mol. The molecule has 4 rings (SSSR count). The number of hydrogen-bond acceptors (Lipinski definition) is 2. The highest BCUT2D eigenvalue weighted by atomic mass is 79.9. The lowest BCUT2D eigenvalue weighted by atomic mass is 9.94. The predicted octanol–water partition coefficient (Wildman–Crippen LogP) is 8.29. The lowest BCUT2D eigenvalue weighted by Gasteiger charge is -2.30. The highest BCUT2D eigenvalue weighted by Crippen LogP contribution is 2.28. The topological polar surface area (TPSA) is 20.3 Å². The molecule has 1 fully saturated rings. The Bertz CT molecular complexity index is 1100. The highest BCUT2D eigenvalue weighted by molar-refractivity contribution is 9.11. The maximum absolute atomic E-state index is 13.5. The van der Waals surface area contributed by atoms with E-state index in [9.17, 15) is 4.79 Å². The summed E-state index contributed by atoms with van der Waals surface area (Å²) in [6.07, 6.45) is 4.00. The number of rotatable bonds is 4. The van der Waals surface area contributed by atoms with Crippen LogP contribution in [-0.2, 0) is 11.3 Å². The number of carbonyl (C=O) groups excluding carboxylic acids is 1. The molecule has 0 radical (unpaired) electrons. The minimum atomic E-state index is 0.0986. The van der Waals surface area contributed by atoms with Gasteiger partial charge < -0.3 is 0 Å². The van der Waals surface area contributed by atoms with Crippen LogP contribution in [0.3, 0.4) is 0 Å². The van der Waals surface area contributed by atoms with E-state index in [4.69, 9.17) is 0 Å². The van der Waals surface area contributed by atoms with Gasteiger partial charge in [-0.1, -0.05) is 94.1 Å². The maximum atomic E-state index is 13.5. The van der Waals surface area contributed by atoms with Gasteiger partial charge in [-0.2, -0.15) is 0 Å². The van der Waals surface area contributed by atoms with Crippen LogP contribution in [0.15, 0.2) is 95.8 Å². The van der Waals surface area contributed by atoms with Crippen LogP contribution >= 0.6 is 63.7 Å². The Kier molecular flexibility index (Phi) is 8.00. The largest absolute Gasteiger partial charge is 0.290 e. The number of likely N-dealkylation sites (tertiary alicyclic amines) is 1. The average Bonchev–Trinajstić information content (AvgIpc) is 2.70. The Balaban J connectivity index is 1.72. The summed E-state index contributed by atoms with van der Waals surface area (Å²) in [5.41, 5.74) is 4.78. The van der Waals surface area contributed by atoms with Crippen LogP contribution in [0.2, 0.25) is 0 Å². The summed E-state index contributed by atoms with van der Waals surface area (Å²) >= 11 is 14.2. The molecule has 3 aromatic rings. The van der Waals surface area contributed by atoms with Crippen molar-refractivity contribution in [2.45, 2.75) is 6.54 Å². The molecule has 0 aromatic heterocycles. The molecule has 32 heavy (non-hydrogen) atoms. The van der Waals surface area contributed by atoms with Gasteiger partial charge in [0.1, 0.15) is 0 Å². The predicted molar refractivity (Wildman–Crippen MR) is 146 cm³/mol. The molecule has 3 aromatic carbocycles. The average molecular weight is 681 g/mol. The van der Waals surface area contributed by atoms with Crippen molar-refractivity contribution in [1.29, 1.82) is 0 Å². The first-order chi connectivity index (χ1) is 15.4. The second-order valence-corrected chi connectivity index (χ2v) is 11.4. The van der Waals surface area contributed by atoms with E-state index in [1.54, 1.807) is 0 Å². The Labute approximate surface area is 221 Å². The molecule has 0 N–H and O–H groups in total. The van der Waals surface area contributed by atoms with Gasteiger partial charge in [0, 0.05) is 48.7 Å². The van der Waals surface area contributed by atoms with Crippen molar-refractivity contribution in [2.24, 2.45) is 0 Å². The minimum absolute atomic E-state index is 0.0986. The third-order valence-electron chi connectivity index (χ3n) is 5.07. The fraction of sp³-hybridized carbons (Fsp3) is 0.115. The van der Waals surface area contributed by atoms with Crippen LogP contribution in [0.4, 0.5) is 0 Å². The minimum Gasteiger partial charge on any atom is -0.290 e. The third-order valence-corrected chi connectivity index (χ3v) is 6.90. The molecule has 162 valence electrons. The number of piperidine rings is 1. The first-order valence-electron chi connectivity index (χ1n) is 10.00. The van der Waals surface area contributed by atoms with E-state index in [0.29, 0.717) is 13.1 Å². The van der Waals surface area contributed by atoms with Crippen molar-refractivity contribution >= 4 is 81.7 Å². The van der Waals surface area contributed by atoms with Crippen molar-refractivity contribution in [3.05, 3.63) is 112 Å². The van der Waals surface area contributed by atoms with Gasteiger partial charge in [-0.3, -0.25) is 9.69 Å². The zero-order valence-electron chi connectivity index (χ0n) is 17.0. The Morgan fingerprint density at radius 1 is 0.688 bits per heavy atom. The number of ketones is 1. The number of hydrogen-bond donors (Lipinski definition) is 0. The molecule has 1 aliphatic rings. The van der Waals surface area contributed by atoms with Crippen molar-refractivity contribution in [1.82, 2.24) is 4.90 Å². The SMILES string of the molecule is O=C1C(=Cc2cc(Br)cc(Br)c2)CN(Cc2ccccc2)CC1=Cc1cc(Br)cc(Br)c1. The van der Waals surface area contributed by atoms with Gasteiger partial charge in [0.2, 0.25) is 0 Å². The van der Waals surface area contributed by atoms with Gasteiger partial charge in [-0.05, 0) is 65.2 Å². The second-order valence-electron chi connectivity index (χ2n) is 7.70. The first-order valence-corrected chi connectivity index (χ1v) is 13.2.